The van der Waals surface area contributed by atoms with Crippen LogP contribution in [0.2, 0.25) is 0 Å². The van der Waals surface area contributed by atoms with Crippen LogP contribution in [0, 0.1) is 0 Å². The number of hydrogen-bond donors (Lipinski definition) is 1. The van der Waals surface area contributed by atoms with E-state index in [4.69, 9.17) is 4.74 Å². The zero-order chi connectivity index (χ0) is 13.4. The summed E-state index contributed by atoms with van der Waals surface area (Å²) in [4.78, 5) is 0. The molecule has 18 heavy (non-hydrogen) atoms. The second kappa shape index (κ2) is 8.16. The average Bonchev–Trinajstić information content (AvgIpc) is 2.36. The molecule has 0 amide bonds. The Hall–Kier alpha value is -1.00. The molecule has 102 valence electrons. The molecule has 0 aliphatic heterocycles. The number of alkyl halides is 2. The Bertz CT molecular complexity index is 327. The van der Waals surface area contributed by atoms with Crippen molar-refractivity contribution >= 4 is 0 Å². The molecule has 0 bridgehead atoms. The highest BCUT2D eigenvalue weighted by Crippen LogP contribution is 2.15. The lowest BCUT2D eigenvalue weighted by Gasteiger charge is -2.13. The number of hydrogen-bond acceptors (Lipinski definition) is 2. The monoisotopic (exact) mass is 257 g/mol. The summed E-state index contributed by atoms with van der Waals surface area (Å²) in [5.74, 6) is 0.445. The molecule has 4 heteroatoms. The third kappa shape index (κ3) is 5.56. The van der Waals surface area contributed by atoms with Crippen molar-refractivity contribution in [1.82, 2.24) is 5.32 Å². The van der Waals surface area contributed by atoms with Crippen molar-refractivity contribution in [2.75, 3.05) is 19.7 Å². The molecular weight excluding hydrogens is 236 g/mol. The fraction of sp³-hybridized carbons (Fsp3) is 0.571. The molecule has 2 nitrogen and oxygen atoms in total. The lowest BCUT2D eigenvalue weighted by Crippen LogP contribution is -2.19. The van der Waals surface area contributed by atoms with Gasteiger partial charge in [-0.2, -0.15) is 0 Å². The van der Waals surface area contributed by atoms with Gasteiger partial charge in [0.05, 0.1) is 6.61 Å². The van der Waals surface area contributed by atoms with Crippen molar-refractivity contribution < 1.29 is 13.5 Å². The molecule has 0 saturated carbocycles. The summed E-state index contributed by atoms with van der Waals surface area (Å²) in [6, 6.07) is 7.93. The Morgan fingerprint density at radius 3 is 2.44 bits per heavy atom. The topological polar surface area (TPSA) is 21.3 Å². The first kappa shape index (κ1) is 15.1. The Morgan fingerprint density at radius 1 is 1.22 bits per heavy atom. The van der Waals surface area contributed by atoms with E-state index in [2.05, 4.69) is 19.2 Å². The zero-order valence-electron chi connectivity index (χ0n) is 11.0. The van der Waals surface area contributed by atoms with Gasteiger partial charge in [0.15, 0.2) is 0 Å². The molecule has 1 N–H and O–H groups in total. The van der Waals surface area contributed by atoms with Crippen LogP contribution in [0.15, 0.2) is 24.3 Å². The number of ether oxygens (including phenoxy) is 1. The van der Waals surface area contributed by atoms with E-state index in [1.807, 2.05) is 24.3 Å². The summed E-state index contributed by atoms with van der Waals surface area (Å²) >= 11 is 0. The first-order valence-corrected chi connectivity index (χ1v) is 6.29. The Kier molecular flexibility index (Phi) is 6.83. The molecule has 0 saturated heterocycles. The fourth-order valence-corrected chi connectivity index (χ4v) is 1.69. The summed E-state index contributed by atoms with van der Waals surface area (Å²) in [6.45, 7) is 5.88. The summed E-state index contributed by atoms with van der Waals surface area (Å²) in [6.07, 6.45) is -2.40. The minimum atomic E-state index is -2.40. The lowest BCUT2D eigenvalue weighted by atomic mass is 10.00. The minimum Gasteiger partial charge on any atom is -0.371 e. The molecule has 0 aliphatic rings. The third-order valence-corrected chi connectivity index (χ3v) is 2.76. The number of likely N-dealkylation sites (N-methyl/N-ethyl adjacent to an activating group) is 1. The summed E-state index contributed by atoms with van der Waals surface area (Å²) < 4.78 is 28.7. The van der Waals surface area contributed by atoms with Crippen LogP contribution in [-0.2, 0) is 11.3 Å². The molecule has 1 rings (SSSR count). The number of nitrogens with one attached hydrogen (secondary N) is 1. The van der Waals surface area contributed by atoms with Crippen molar-refractivity contribution in [2.45, 2.75) is 32.8 Å². The lowest BCUT2D eigenvalue weighted by molar-refractivity contribution is 0.00987. The third-order valence-electron chi connectivity index (χ3n) is 2.76. The molecule has 1 aromatic rings. The van der Waals surface area contributed by atoms with E-state index in [-0.39, 0.29) is 6.61 Å². The van der Waals surface area contributed by atoms with Crippen molar-refractivity contribution in [3.63, 3.8) is 0 Å². The largest absolute Gasteiger partial charge is 0.371 e. The smallest absolute Gasteiger partial charge is 0.261 e. The van der Waals surface area contributed by atoms with Gasteiger partial charge in [-0.1, -0.05) is 38.1 Å². The standard InChI is InChI=1S/C14H21F2NO/c1-3-17-8-11(2)13-6-4-12(5-7-13)9-18-10-14(15)16/h4-7,11,14,17H,3,8-10H2,1-2H3. The van der Waals surface area contributed by atoms with Gasteiger partial charge in [-0.05, 0) is 23.6 Å². The van der Waals surface area contributed by atoms with Gasteiger partial charge in [-0.15, -0.1) is 0 Å². The van der Waals surface area contributed by atoms with Gasteiger partial charge in [0.25, 0.3) is 6.43 Å². The number of benzene rings is 1. The second-order valence-corrected chi connectivity index (χ2v) is 4.36. The fourth-order valence-electron chi connectivity index (χ4n) is 1.69. The normalized spacial score (nSPS) is 12.9. The van der Waals surface area contributed by atoms with Gasteiger partial charge in [-0.25, -0.2) is 8.78 Å². The predicted octanol–water partition coefficient (Wildman–Crippen LogP) is 3.18. The SMILES string of the molecule is CCNCC(C)c1ccc(COCC(F)F)cc1. The quantitative estimate of drug-likeness (QED) is 0.772. The highest BCUT2D eigenvalue weighted by molar-refractivity contribution is 5.24. The van der Waals surface area contributed by atoms with Crippen LogP contribution in [0.3, 0.4) is 0 Å². The van der Waals surface area contributed by atoms with Crippen LogP contribution in [0.5, 0.6) is 0 Å². The van der Waals surface area contributed by atoms with Gasteiger partial charge < -0.3 is 10.1 Å². The second-order valence-electron chi connectivity index (χ2n) is 4.36. The van der Waals surface area contributed by atoms with Crippen LogP contribution >= 0.6 is 0 Å². The Balaban J connectivity index is 2.41. The van der Waals surface area contributed by atoms with Crippen LogP contribution in [0.4, 0.5) is 8.78 Å². The molecule has 0 heterocycles. The molecule has 1 unspecified atom stereocenters. The Morgan fingerprint density at radius 2 is 1.89 bits per heavy atom. The molecule has 0 aromatic heterocycles. The van der Waals surface area contributed by atoms with Gasteiger partial charge in [0.2, 0.25) is 0 Å². The predicted molar refractivity (Wildman–Crippen MR) is 69.1 cm³/mol. The molecular formula is C14H21F2NO. The maximum absolute atomic E-state index is 11.9. The van der Waals surface area contributed by atoms with E-state index >= 15 is 0 Å². The molecule has 1 atom stereocenters. The highest BCUT2D eigenvalue weighted by atomic mass is 19.3. The van der Waals surface area contributed by atoms with Crippen LogP contribution in [-0.4, -0.2) is 26.1 Å². The molecule has 0 fully saturated rings. The van der Waals surface area contributed by atoms with Crippen molar-refractivity contribution in [3.05, 3.63) is 35.4 Å². The summed E-state index contributed by atoms with van der Waals surface area (Å²) in [5.41, 5.74) is 2.17. The van der Waals surface area contributed by atoms with E-state index in [9.17, 15) is 8.78 Å². The van der Waals surface area contributed by atoms with Gasteiger partial charge in [-0.3, -0.25) is 0 Å². The van der Waals surface area contributed by atoms with Gasteiger partial charge >= 0.3 is 0 Å². The number of rotatable bonds is 8. The minimum absolute atomic E-state index is 0.242. The first-order valence-electron chi connectivity index (χ1n) is 6.29. The average molecular weight is 257 g/mol. The van der Waals surface area contributed by atoms with E-state index in [1.165, 1.54) is 5.56 Å². The van der Waals surface area contributed by atoms with Gasteiger partial charge in [0.1, 0.15) is 6.61 Å². The van der Waals surface area contributed by atoms with Gasteiger partial charge in [0, 0.05) is 6.54 Å². The zero-order valence-corrected chi connectivity index (χ0v) is 11.0. The van der Waals surface area contributed by atoms with Crippen molar-refractivity contribution in [3.8, 4) is 0 Å². The Labute approximate surface area is 107 Å². The molecule has 0 aliphatic carbocycles. The summed E-state index contributed by atoms with van der Waals surface area (Å²) in [7, 11) is 0. The highest BCUT2D eigenvalue weighted by Gasteiger charge is 2.05. The molecule has 0 radical (unpaired) electrons. The molecule has 1 aromatic carbocycles. The summed E-state index contributed by atoms with van der Waals surface area (Å²) in [5, 5.41) is 3.30. The van der Waals surface area contributed by atoms with E-state index in [1.54, 1.807) is 0 Å². The number of halogens is 2. The maximum Gasteiger partial charge on any atom is 0.261 e. The van der Waals surface area contributed by atoms with E-state index in [0.29, 0.717) is 5.92 Å². The molecule has 0 spiro atoms. The van der Waals surface area contributed by atoms with E-state index < -0.39 is 13.0 Å². The maximum atomic E-state index is 11.9. The van der Waals surface area contributed by atoms with Crippen molar-refractivity contribution in [1.29, 1.82) is 0 Å². The van der Waals surface area contributed by atoms with Crippen LogP contribution in [0.1, 0.15) is 30.9 Å². The van der Waals surface area contributed by atoms with Crippen LogP contribution in [0.25, 0.3) is 0 Å². The van der Waals surface area contributed by atoms with Crippen LogP contribution < -0.4 is 5.32 Å². The first-order chi connectivity index (χ1) is 8.63. The van der Waals surface area contributed by atoms with Crippen molar-refractivity contribution in [2.24, 2.45) is 0 Å². The van der Waals surface area contributed by atoms with E-state index in [0.717, 1.165) is 18.7 Å².